The van der Waals surface area contributed by atoms with Gasteiger partial charge in [0.1, 0.15) is 18.3 Å². The van der Waals surface area contributed by atoms with Crippen molar-refractivity contribution in [3.63, 3.8) is 0 Å². The fourth-order valence-electron chi connectivity index (χ4n) is 7.09. The Morgan fingerprint density at radius 2 is 1.38 bits per heavy atom. The maximum absolute atomic E-state index is 12.5. The van der Waals surface area contributed by atoms with Crippen molar-refractivity contribution in [1.82, 2.24) is 0 Å². The Morgan fingerprint density at radius 1 is 0.865 bits per heavy atom. The Labute approximate surface area is 218 Å². The first-order valence-electron chi connectivity index (χ1n) is 12.8. The van der Waals surface area contributed by atoms with Crippen LogP contribution in [-0.2, 0) is 38.1 Å². The molecule has 3 aliphatic carbocycles. The number of fused-ring (bicyclic) bond motifs is 3. The van der Waals surface area contributed by atoms with Crippen molar-refractivity contribution in [2.75, 3.05) is 0 Å². The van der Waals surface area contributed by atoms with E-state index < -0.39 is 71.1 Å². The number of carbonyl (C=O) groups excluding carboxylic acids is 4. The minimum Gasteiger partial charge on any atom is -0.458 e. The number of ether oxygens (including phenoxy) is 4. The van der Waals surface area contributed by atoms with E-state index in [1.165, 1.54) is 27.7 Å². The van der Waals surface area contributed by atoms with Crippen LogP contribution >= 0.6 is 0 Å². The Kier molecular flexibility index (Phi) is 7.99. The zero-order chi connectivity index (χ0) is 28.0. The Morgan fingerprint density at radius 3 is 1.89 bits per heavy atom. The molecule has 0 radical (unpaired) electrons. The monoisotopic (exact) mass is 520 g/mol. The molecule has 2 saturated carbocycles. The summed E-state index contributed by atoms with van der Waals surface area (Å²) in [6.07, 6.45) is -3.08. The van der Waals surface area contributed by atoms with Crippen LogP contribution in [0.2, 0.25) is 0 Å². The van der Waals surface area contributed by atoms with Gasteiger partial charge < -0.3 is 24.1 Å². The lowest BCUT2D eigenvalue weighted by atomic mass is 9.50. The molecule has 2 bridgehead atoms. The molecule has 0 heterocycles. The second kappa shape index (κ2) is 10.2. The van der Waals surface area contributed by atoms with Gasteiger partial charge in [0.25, 0.3) is 0 Å². The molecule has 0 unspecified atom stereocenters. The standard InChI is InChI=1S/C28H40O9/c1-13-19-12-20-23(33)24(35-16(4)30)14(2)22(27(20,7)8)25(36-17(5)31)26(37-18(6)32)28(19,9)11-10-21(13)34-15(3)29/h19-21,23-26,33H,1,10-12H2,2-9H3/t19-,20-,21+,23-,24-,25-,26+,28-/m1/s1. The normalized spacial score (nSPS) is 36.9. The predicted octanol–water partition coefficient (Wildman–Crippen LogP) is 3.42. The molecule has 206 valence electrons. The molecule has 3 rings (SSSR count). The molecule has 0 aromatic carbocycles. The Bertz CT molecular complexity index is 1020. The van der Waals surface area contributed by atoms with Crippen molar-refractivity contribution >= 4 is 23.9 Å². The molecular weight excluding hydrogens is 480 g/mol. The van der Waals surface area contributed by atoms with E-state index in [2.05, 4.69) is 6.58 Å². The number of hydrogen-bond donors (Lipinski definition) is 1. The van der Waals surface area contributed by atoms with Gasteiger partial charge in [0.15, 0.2) is 6.10 Å². The van der Waals surface area contributed by atoms with Gasteiger partial charge in [0.2, 0.25) is 0 Å². The average Bonchev–Trinajstić information content (AvgIpc) is 2.74. The van der Waals surface area contributed by atoms with Crippen molar-refractivity contribution in [1.29, 1.82) is 0 Å². The molecule has 8 atom stereocenters. The maximum Gasteiger partial charge on any atom is 0.303 e. The predicted molar refractivity (Wildman–Crippen MR) is 133 cm³/mol. The zero-order valence-corrected chi connectivity index (χ0v) is 23.1. The van der Waals surface area contributed by atoms with Gasteiger partial charge in [-0.3, -0.25) is 19.2 Å². The highest BCUT2D eigenvalue weighted by Crippen LogP contribution is 2.60. The first-order valence-corrected chi connectivity index (χ1v) is 12.8. The quantitative estimate of drug-likeness (QED) is 0.337. The van der Waals surface area contributed by atoms with Gasteiger partial charge in [0.05, 0.1) is 6.10 Å². The van der Waals surface area contributed by atoms with Crippen molar-refractivity contribution < 1.29 is 43.2 Å². The fraction of sp³-hybridized carbons (Fsp3) is 0.714. The zero-order valence-electron chi connectivity index (χ0n) is 23.1. The average molecular weight is 521 g/mol. The van der Waals surface area contributed by atoms with Crippen LogP contribution in [0.4, 0.5) is 0 Å². The Hall–Kier alpha value is -2.68. The van der Waals surface area contributed by atoms with Gasteiger partial charge in [-0.15, -0.1) is 0 Å². The van der Waals surface area contributed by atoms with Gasteiger partial charge in [-0.05, 0) is 60.2 Å². The summed E-state index contributed by atoms with van der Waals surface area (Å²) in [5.74, 6) is -2.88. The molecule has 2 fully saturated rings. The lowest BCUT2D eigenvalue weighted by Gasteiger charge is -2.58. The molecule has 0 aliphatic heterocycles. The third kappa shape index (κ3) is 5.19. The van der Waals surface area contributed by atoms with Crippen LogP contribution in [0.25, 0.3) is 0 Å². The summed E-state index contributed by atoms with van der Waals surface area (Å²) < 4.78 is 23.1. The van der Waals surface area contributed by atoms with E-state index in [1.807, 2.05) is 20.8 Å². The van der Waals surface area contributed by atoms with E-state index in [1.54, 1.807) is 6.92 Å². The van der Waals surface area contributed by atoms with Crippen LogP contribution < -0.4 is 0 Å². The highest BCUT2D eigenvalue weighted by atomic mass is 16.6. The molecule has 3 aliphatic rings. The molecule has 0 aromatic heterocycles. The lowest BCUT2D eigenvalue weighted by molar-refractivity contribution is -0.191. The van der Waals surface area contributed by atoms with Crippen LogP contribution in [-0.4, -0.2) is 59.5 Å². The minimum atomic E-state index is -1.04. The van der Waals surface area contributed by atoms with E-state index in [9.17, 15) is 24.3 Å². The van der Waals surface area contributed by atoms with E-state index >= 15 is 0 Å². The summed E-state index contributed by atoms with van der Waals surface area (Å²) in [5.41, 5.74) is 0.400. The van der Waals surface area contributed by atoms with Gasteiger partial charge in [-0.1, -0.05) is 27.4 Å². The number of carbonyl (C=O) groups is 4. The van der Waals surface area contributed by atoms with Crippen LogP contribution in [0.1, 0.15) is 74.7 Å². The summed E-state index contributed by atoms with van der Waals surface area (Å²) in [7, 11) is 0. The van der Waals surface area contributed by atoms with E-state index in [0.717, 1.165) is 0 Å². The number of aliphatic hydroxyl groups excluding tert-OH is 1. The van der Waals surface area contributed by atoms with Crippen LogP contribution in [0.5, 0.6) is 0 Å². The highest BCUT2D eigenvalue weighted by Gasteiger charge is 2.62. The van der Waals surface area contributed by atoms with Gasteiger partial charge in [-0.2, -0.15) is 0 Å². The third-order valence-electron chi connectivity index (χ3n) is 8.68. The summed E-state index contributed by atoms with van der Waals surface area (Å²) in [6.45, 7) is 17.1. The molecule has 1 N–H and O–H groups in total. The van der Waals surface area contributed by atoms with Gasteiger partial charge in [0, 0.05) is 33.1 Å². The van der Waals surface area contributed by atoms with Crippen LogP contribution in [0.15, 0.2) is 23.3 Å². The van der Waals surface area contributed by atoms with Crippen LogP contribution in [0.3, 0.4) is 0 Å². The van der Waals surface area contributed by atoms with Crippen molar-refractivity contribution in [2.45, 2.75) is 105 Å². The Balaban J connectivity index is 2.32. The number of esters is 4. The van der Waals surface area contributed by atoms with Crippen LogP contribution in [0, 0.1) is 22.7 Å². The first kappa shape index (κ1) is 28.9. The first-order chi connectivity index (χ1) is 17.0. The van der Waals surface area contributed by atoms with Crippen molar-refractivity contribution in [3.8, 4) is 0 Å². The number of aliphatic hydroxyl groups is 1. The molecule has 0 aromatic rings. The summed E-state index contributed by atoms with van der Waals surface area (Å²) in [6, 6.07) is 0. The SMILES string of the molecule is C=C1[C@@H](OC(C)=O)CC[C@]2(C)[C@@H]1C[C@@H]1[C@@H](O)[C@H](OC(C)=O)C(C)=C([C@@H](OC(C)=O)[C@@H]2OC(C)=O)C1(C)C. The summed E-state index contributed by atoms with van der Waals surface area (Å²) >= 11 is 0. The molecule has 37 heavy (non-hydrogen) atoms. The molecule has 0 saturated heterocycles. The second-order valence-electron chi connectivity index (χ2n) is 11.5. The number of hydrogen-bond acceptors (Lipinski definition) is 9. The van der Waals surface area contributed by atoms with Gasteiger partial charge in [-0.25, -0.2) is 0 Å². The molecule has 0 amide bonds. The lowest BCUT2D eigenvalue weighted by Crippen LogP contribution is -2.62. The molecule has 0 spiro atoms. The third-order valence-corrected chi connectivity index (χ3v) is 8.68. The topological polar surface area (TPSA) is 125 Å². The maximum atomic E-state index is 12.5. The number of rotatable bonds is 4. The van der Waals surface area contributed by atoms with Crippen molar-refractivity contribution in [2.24, 2.45) is 22.7 Å². The smallest absolute Gasteiger partial charge is 0.303 e. The van der Waals surface area contributed by atoms with Gasteiger partial charge >= 0.3 is 23.9 Å². The van der Waals surface area contributed by atoms with E-state index in [0.29, 0.717) is 36.0 Å². The highest BCUT2D eigenvalue weighted by molar-refractivity contribution is 5.69. The molecule has 9 heteroatoms. The fourth-order valence-corrected chi connectivity index (χ4v) is 7.09. The molecule has 9 nitrogen and oxygen atoms in total. The summed E-state index contributed by atoms with van der Waals surface area (Å²) in [5, 5.41) is 11.6. The van der Waals surface area contributed by atoms with E-state index in [4.69, 9.17) is 18.9 Å². The molecular formula is C28H40O9. The second-order valence-corrected chi connectivity index (χ2v) is 11.5. The van der Waals surface area contributed by atoms with E-state index in [-0.39, 0.29) is 5.92 Å². The minimum absolute atomic E-state index is 0.370. The largest absolute Gasteiger partial charge is 0.458 e. The van der Waals surface area contributed by atoms with Crippen molar-refractivity contribution in [3.05, 3.63) is 23.3 Å². The summed E-state index contributed by atoms with van der Waals surface area (Å²) in [4.78, 5) is 48.7.